The Morgan fingerprint density at radius 3 is 2.45 bits per heavy atom. The lowest BCUT2D eigenvalue weighted by Gasteiger charge is -2.20. The van der Waals surface area contributed by atoms with Gasteiger partial charge in [-0.3, -0.25) is 14.4 Å². The largest absolute Gasteiger partial charge is 0.573 e. The van der Waals surface area contributed by atoms with Crippen molar-refractivity contribution in [3.8, 4) is 17.0 Å². The number of hydrogen-bond donors (Lipinski definition) is 1. The van der Waals surface area contributed by atoms with E-state index >= 15 is 0 Å². The third-order valence-electron chi connectivity index (χ3n) is 6.36. The van der Waals surface area contributed by atoms with Gasteiger partial charge in [0.1, 0.15) is 11.6 Å². The minimum Gasteiger partial charge on any atom is -0.406 e. The molecule has 1 aliphatic heterocycles. The summed E-state index contributed by atoms with van der Waals surface area (Å²) in [5.74, 6) is 0.903. The van der Waals surface area contributed by atoms with E-state index in [9.17, 15) is 18.0 Å². The minimum atomic E-state index is -4.74. The van der Waals surface area contributed by atoms with Gasteiger partial charge in [-0.2, -0.15) is 10.2 Å². The third-order valence-corrected chi connectivity index (χ3v) is 7.28. The number of rotatable bonds is 8. The number of benzene rings is 3. The van der Waals surface area contributed by atoms with Crippen molar-refractivity contribution >= 4 is 46.2 Å². The molecule has 0 radical (unpaired) electrons. The van der Waals surface area contributed by atoms with E-state index in [1.807, 2.05) is 54.6 Å². The van der Waals surface area contributed by atoms with Gasteiger partial charge in [-0.05, 0) is 47.4 Å². The molecular weight excluding hydrogens is 565 g/mol. The SMILES string of the molecule is CC(C)c1ccccc1N1C(=O)CSC1=NN=Cc1ccc(-c2cc(Nc3ccc(OC(F)(F)F)cc3)n(C)n2)cc1. The number of nitrogens with zero attached hydrogens (tertiary/aromatic N) is 5. The van der Waals surface area contributed by atoms with E-state index in [0.717, 1.165) is 22.4 Å². The molecule has 42 heavy (non-hydrogen) atoms. The zero-order chi connectivity index (χ0) is 29.9. The Morgan fingerprint density at radius 2 is 1.76 bits per heavy atom. The Labute approximate surface area is 244 Å². The minimum absolute atomic E-state index is 0.0249. The predicted octanol–water partition coefficient (Wildman–Crippen LogP) is 7.32. The van der Waals surface area contributed by atoms with Crippen LogP contribution in [0.15, 0.2) is 89.1 Å². The average molecular weight is 593 g/mol. The molecule has 1 amide bonds. The van der Waals surface area contributed by atoms with Crippen molar-refractivity contribution in [2.45, 2.75) is 26.1 Å². The van der Waals surface area contributed by atoms with Crippen LogP contribution in [0.5, 0.6) is 5.75 Å². The van der Waals surface area contributed by atoms with Gasteiger partial charge in [-0.25, -0.2) is 0 Å². The zero-order valence-corrected chi connectivity index (χ0v) is 23.8. The van der Waals surface area contributed by atoms with Crippen LogP contribution >= 0.6 is 11.8 Å². The molecule has 0 atom stereocenters. The molecule has 1 N–H and O–H groups in total. The van der Waals surface area contributed by atoms with Crippen molar-refractivity contribution < 1.29 is 22.7 Å². The topological polar surface area (TPSA) is 84.1 Å². The normalized spacial score (nSPS) is 14.9. The number of aryl methyl sites for hydroxylation is 1. The van der Waals surface area contributed by atoms with Crippen LogP contribution in [0.2, 0.25) is 0 Å². The number of aromatic nitrogens is 2. The summed E-state index contributed by atoms with van der Waals surface area (Å²) in [4.78, 5) is 14.3. The second-order valence-corrected chi connectivity index (χ2v) is 10.7. The predicted molar refractivity (Wildman–Crippen MR) is 161 cm³/mol. The molecule has 0 spiro atoms. The average Bonchev–Trinajstić information content (AvgIpc) is 3.50. The maximum absolute atomic E-state index is 12.7. The maximum Gasteiger partial charge on any atom is 0.573 e. The molecule has 0 aliphatic carbocycles. The lowest BCUT2D eigenvalue weighted by atomic mass is 10.0. The Hall–Kier alpha value is -4.58. The summed E-state index contributed by atoms with van der Waals surface area (Å²) in [5.41, 5.74) is 4.88. The van der Waals surface area contributed by atoms with Gasteiger partial charge in [0.15, 0.2) is 5.17 Å². The molecular formula is C30H27F3N6O2S. The van der Waals surface area contributed by atoms with Gasteiger partial charge in [-0.15, -0.1) is 18.3 Å². The molecule has 8 nitrogen and oxygen atoms in total. The highest BCUT2D eigenvalue weighted by molar-refractivity contribution is 8.15. The first-order valence-electron chi connectivity index (χ1n) is 13.0. The van der Waals surface area contributed by atoms with Crippen LogP contribution < -0.4 is 15.0 Å². The fourth-order valence-corrected chi connectivity index (χ4v) is 5.17. The molecule has 5 rings (SSSR count). The van der Waals surface area contributed by atoms with E-state index in [1.165, 1.54) is 36.0 Å². The Bertz CT molecular complexity index is 1630. The number of carbonyl (C=O) groups excluding carboxylic acids is 1. The Kier molecular flexibility index (Phi) is 8.34. The first kappa shape index (κ1) is 28.9. The Morgan fingerprint density at radius 1 is 1.05 bits per heavy atom. The number of ether oxygens (including phenoxy) is 1. The van der Waals surface area contributed by atoms with Gasteiger partial charge in [0.2, 0.25) is 5.91 Å². The number of carbonyl (C=O) groups is 1. The number of para-hydroxylation sites is 1. The fourth-order valence-electron chi connectivity index (χ4n) is 4.35. The van der Waals surface area contributed by atoms with Crippen LogP contribution in [0.25, 0.3) is 11.3 Å². The maximum atomic E-state index is 12.7. The lowest BCUT2D eigenvalue weighted by Crippen LogP contribution is -2.30. The summed E-state index contributed by atoms with van der Waals surface area (Å²) < 4.78 is 42.8. The van der Waals surface area contributed by atoms with Crippen LogP contribution in [0.3, 0.4) is 0 Å². The Balaban J connectivity index is 1.26. The smallest absolute Gasteiger partial charge is 0.406 e. The molecule has 1 aliphatic rings. The van der Waals surface area contributed by atoms with Gasteiger partial charge in [0.05, 0.1) is 23.3 Å². The van der Waals surface area contributed by atoms with Crippen LogP contribution in [0, 0.1) is 0 Å². The highest BCUT2D eigenvalue weighted by Crippen LogP contribution is 2.33. The number of nitrogens with one attached hydrogen (secondary N) is 1. The quantitative estimate of drug-likeness (QED) is 0.171. The van der Waals surface area contributed by atoms with Crippen molar-refractivity contribution in [3.05, 3.63) is 90.0 Å². The summed E-state index contributed by atoms with van der Waals surface area (Å²) in [6.45, 7) is 4.18. The van der Waals surface area contributed by atoms with Crippen LogP contribution in [0.1, 0.15) is 30.9 Å². The number of amidine groups is 1. The van der Waals surface area contributed by atoms with Crippen LogP contribution in [0.4, 0.5) is 30.4 Å². The standard InChI is InChI=1S/C30H27F3N6O2S/c1-19(2)24-6-4-5-7-26(24)39-28(40)18-42-29(39)36-34-17-20-8-10-21(11-9-20)25-16-27(38(3)37-25)35-22-12-14-23(15-13-22)41-30(31,32)33/h4-17,19,35H,18H2,1-3H3. The molecule has 216 valence electrons. The highest BCUT2D eigenvalue weighted by atomic mass is 32.2. The molecule has 1 fully saturated rings. The number of amides is 1. The van der Waals surface area contributed by atoms with E-state index in [2.05, 4.69) is 39.2 Å². The van der Waals surface area contributed by atoms with Crippen molar-refractivity contribution in [1.29, 1.82) is 0 Å². The summed E-state index contributed by atoms with van der Waals surface area (Å²) in [6, 6.07) is 22.7. The zero-order valence-electron chi connectivity index (χ0n) is 23.0. The van der Waals surface area contributed by atoms with Gasteiger partial charge >= 0.3 is 6.36 Å². The van der Waals surface area contributed by atoms with E-state index in [-0.39, 0.29) is 17.6 Å². The van der Waals surface area contributed by atoms with E-state index in [1.54, 1.807) is 22.8 Å². The summed E-state index contributed by atoms with van der Waals surface area (Å²) in [7, 11) is 1.77. The number of halogens is 3. The molecule has 2 heterocycles. The molecule has 3 aromatic carbocycles. The monoisotopic (exact) mass is 592 g/mol. The number of anilines is 3. The van der Waals surface area contributed by atoms with Gasteiger partial charge in [0, 0.05) is 24.4 Å². The van der Waals surface area contributed by atoms with E-state index < -0.39 is 6.36 Å². The van der Waals surface area contributed by atoms with Gasteiger partial charge in [0.25, 0.3) is 0 Å². The summed E-state index contributed by atoms with van der Waals surface area (Å²) >= 11 is 1.36. The van der Waals surface area contributed by atoms with Crippen molar-refractivity contribution in [1.82, 2.24) is 9.78 Å². The van der Waals surface area contributed by atoms with Gasteiger partial charge in [-0.1, -0.05) is 68.1 Å². The van der Waals surface area contributed by atoms with Crippen LogP contribution in [-0.4, -0.2) is 39.2 Å². The molecule has 0 saturated carbocycles. The van der Waals surface area contributed by atoms with Crippen LogP contribution in [-0.2, 0) is 11.8 Å². The third kappa shape index (κ3) is 6.82. The highest BCUT2D eigenvalue weighted by Gasteiger charge is 2.32. The van der Waals surface area contributed by atoms with Gasteiger partial charge < -0.3 is 10.1 Å². The molecule has 12 heteroatoms. The lowest BCUT2D eigenvalue weighted by molar-refractivity contribution is -0.274. The molecule has 0 bridgehead atoms. The molecule has 0 unspecified atom stereocenters. The number of hydrogen-bond acceptors (Lipinski definition) is 7. The first-order chi connectivity index (χ1) is 20.1. The van der Waals surface area contributed by atoms with Crippen molar-refractivity contribution in [2.75, 3.05) is 16.0 Å². The summed E-state index contributed by atoms with van der Waals surface area (Å²) in [5, 5.41) is 16.8. The molecule has 4 aromatic rings. The second-order valence-electron chi connectivity index (χ2n) is 9.72. The first-order valence-corrected chi connectivity index (χ1v) is 14.0. The van der Waals surface area contributed by atoms with Crippen molar-refractivity contribution in [2.24, 2.45) is 17.3 Å². The van der Waals surface area contributed by atoms with E-state index in [4.69, 9.17) is 0 Å². The van der Waals surface area contributed by atoms with E-state index in [0.29, 0.717) is 28.1 Å². The number of alkyl halides is 3. The molecule has 1 saturated heterocycles. The fraction of sp³-hybridized carbons (Fsp3) is 0.200. The number of thioether (sulfide) groups is 1. The summed E-state index contributed by atoms with van der Waals surface area (Å²) in [6.07, 6.45) is -3.11. The molecule has 1 aromatic heterocycles. The second kappa shape index (κ2) is 12.1. The van der Waals surface area contributed by atoms with Crippen molar-refractivity contribution in [3.63, 3.8) is 0 Å².